The number of aliphatic imine (C=N–C) groups is 2. The Kier molecular flexibility index (Phi) is 14.5. The van der Waals surface area contributed by atoms with Gasteiger partial charge in [-0.1, -0.05) is 73.2 Å². The number of ether oxygens (including phenoxy) is 1. The third-order valence-electron chi connectivity index (χ3n) is 14.1. The normalized spacial score (nSPS) is 22.9. The topological polar surface area (TPSA) is 129 Å². The van der Waals surface area contributed by atoms with E-state index in [-0.39, 0.29) is 47.3 Å². The molecule has 4 aromatic carbocycles. The van der Waals surface area contributed by atoms with Crippen molar-refractivity contribution in [3.05, 3.63) is 142 Å². The van der Waals surface area contributed by atoms with Gasteiger partial charge in [0.1, 0.15) is 34.4 Å². The predicted octanol–water partition coefficient (Wildman–Crippen LogP) is 11.3. The summed E-state index contributed by atoms with van der Waals surface area (Å²) >= 11 is 0. The molecular formula is C54H64F2N4O6. The van der Waals surface area contributed by atoms with Crippen LogP contribution in [0.25, 0.3) is 0 Å². The van der Waals surface area contributed by atoms with Crippen LogP contribution in [0.1, 0.15) is 143 Å². The van der Waals surface area contributed by atoms with Gasteiger partial charge in [0.25, 0.3) is 11.8 Å². The molecule has 0 saturated heterocycles. The van der Waals surface area contributed by atoms with E-state index in [1.54, 1.807) is 60.7 Å². The summed E-state index contributed by atoms with van der Waals surface area (Å²) in [6, 6.07) is 25.6. The Morgan fingerprint density at radius 2 is 0.939 bits per heavy atom. The molecule has 2 aliphatic heterocycles. The van der Waals surface area contributed by atoms with Crippen LogP contribution in [0.3, 0.4) is 0 Å². The number of benzene rings is 4. The molecule has 2 heterocycles. The van der Waals surface area contributed by atoms with Crippen LogP contribution in [0.15, 0.2) is 107 Å². The van der Waals surface area contributed by atoms with Gasteiger partial charge in [-0.2, -0.15) is 0 Å². The van der Waals surface area contributed by atoms with Crippen LogP contribution in [-0.4, -0.2) is 68.5 Å². The lowest BCUT2D eigenvalue weighted by molar-refractivity contribution is -0.131. The Balaban J connectivity index is 0.000000215. The number of methoxy groups -OCH3 is 1. The molecule has 1 N–H and O–H groups in total. The maximum atomic E-state index is 13.6. The summed E-state index contributed by atoms with van der Waals surface area (Å²) < 4.78 is 31.7. The Hall–Kier alpha value is -6.04. The molecule has 2 spiro atoms. The number of halogens is 2. The molecule has 12 heteroatoms. The van der Waals surface area contributed by atoms with E-state index in [1.165, 1.54) is 31.4 Å². The SMILES string of the molecule is C.CC(C)(C)C1CCC2(CC1)N=C(c1ccc(F)cc1)C(=O)N2Cc1ccc(C(=O)O)cc1.COC(=O)c1ccc(CN2C(=O)C(c3ccc(F)cc3)=NC23CCC(C(C)(C)C)CC3)cc1. The van der Waals surface area contributed by atoms with Gasteiger partial charge in [0.05, 0.1) is 18.2 Å². The summed E-state index contributed by atoms with van der Waals surface area (Å²) in [4.78, 5) is 63.8. The largest absolute Gasteiger partial charge is 0.478 e. The first kappa shape index (κ1) is 49.4. The number of hydrogen-bond acceptors (Lipinski definition) is 7. The van der Waals surface area contributed by atoms with Crippen molar-refractivity contribution in [1.29, 1.82) is 0 Å². The van der Waals surface area contributed by atoms with Gasteiger partial charge in [-0.15, -0.1) is 0 Å². The third kappa shape index (κ3) is 10.5. The van der Waals surface area contributed by atoms with E-state index in [9.17, 15) is 28.0 Å². The highest BCUT2D eigenvalue weighted by molar-refractivity contribution is 6.47. The fraction of sp³-hybridized carbons (Fsp3) is 0.444. The maximum absolute atomic E-state index is 13.6. The van der Waals surface area contributed by atoms with Crippen molar-refractivity contribution >= 4 is 35.2 Å². The van der Waals surface area contributed by atoms with Crippen molar-refractivity contribution in [2.75, 3.05) is 7.11 Å². The number of aromatic carboxylic acids is 1. The van der Waals surface area contributed by atoms with Crippen molar-refractivity contribution in [2.45, 2.75) is 125 Å². The monoisotopic (exact) mass is 902 g/mol. The van der Waals surface area contributed by atoms with Crippen molar-refractivity contribution in [3.8, 4) is 0 Å². The lowest BCUT2D eigenvalue weighted by atomic mass is 9.69. The minimum absolute atomic E-state index is 0. The Labute approximate surface area is 388 Å². The summed E-state index contributed by atoms with van der Waals surface area (Å²) in [7, 11) is 1.35. The molecule has 2 saturated carbocycles. The number of esters is 1. The number of nitrogens with zero attached hydrogens (tertiary/aromatic N) is 4. The Morgan fingerprint density at radius 3 is 1.24 bits per heavy atom. The van der Waals surface area contributed by atoms with Crippen LogP contribution in [0.2, 0.25) is 0 Å². The van der Waals surface area contributed by atoms with E-state index in [4.69, 9.17) is 19.8 Å². The quantitative estimate of drug-likeness (QED) is 0.175. The third-order valence-corrected chi connectivity index (χ3v) is 14.1. The zero-order valence-corrected chi connectivity index (χ0v) is 38.5. The number of carboxylic acid groups (broad SMARTS) is 1. The number of rotatable bonds is 8. The highest BCUT2D eigenvalue weighted by Gasteiger charge is 2.51. The average molecular weight is 903 g/mol. The smallest absolute Gasteiger partial charge is 0.337 e. The van der Waals surface area contributed by atoms with Crippen LogP contribution in [-0.2, 0) is 27.4 Å². The molecule has 10 nitrogen and oxygen atoms in total. The van der Waals surface area contributed by atoms with Crippen molar-refractivity contribution in [3.63, 3.8) is 0 Å². The highest BCUT2D eigenvalue weighted by atomic mass is 19.1. The fourth-order valence-electron chi connectivity index (χ4n) is 9.93. The molecule has 8 rings (SSSR count). The number of carbonyl (C=O) groups excluding carboxylic acids is 3. The number of amides is 2. The molecule has 2 aliphatic carbocycles. The van der Waals surface area contributed by atoms with Crippen LogP contribution < -0.4 is 0 Å². The Bertz CT molecular complexity index is 2450. The van der Waals surface area contributed by atoms with E-state index in [0.29, 0.717) is 53.0 Å². The predicted molar refractivity (Wildman–Crippen MR) is 253 cm³/mol. The molecule has 0 atom stereocenters. The van der Waals surface area contributed by atoms with Gasteiger partial charge < -0.3 is 19.6 Å². The molecule has 4 aromatic rings. The van der Waals surface area contributed by atoms with Gasteiger partial charge >= 0.3 is 11.9 Å². The molecular weight excluding hydrogens is 839 g/mol. The second-order valence-electron chi connectivity index (χ2n) is 20.2. The van der Waals surface area contributed by atoms with Crippen molar-refractivity contribution in [2.24, 2.45) is 32.7 Å². The average Bonchev–Trinajstić information content (AvgIpc) is 3.68. The zero-order chi connectivity index (χ0) is 46.9. The number of hydrogen-bond donors (Lipinski definition) is 1. The molecule has 2 amide bonds. The first-order valence-corrected chi connectivity index (χ1v) is 22.6. The van der Waals surface area contributed by atoms with Gasteiger partial charge in [-0.05, 0) is 158 Å². The van der Waals surface area contributed by atoms with Crippen LogP contribution >= 0.6 is 0 Å². The zero-order valence-electron chi connectivity index (χ0n) is 38.5. The summed E-state index contributed by atoms with van der Waals surface area (Å²) in [5.74, 6) is -1.22. The van der Waals surface area contributed by atoms with E-state index in [0.717, 1.165) is 62.5 Å². The van der Waals surface area contributed by atoms with Crippen molar-refractivity contribution in [1.82, 2.24) is 9.80 Å². The van der Waals surface area contributed by atoms with E-state index in [2.05, 4.69) is 41.5 Å². The second-order valence-corrected chi connectivity index (χ2v) is 20.2. The van der Waals surface area contributed by atoms with Gasteiger partial charge in [0.2, 0.25) is 0 Å². The molecule has 0 aromatic heterocycles. The molecule has 350 valence electrons. The maximum Gasteiger partial charge on any atom is 0.337 e. The first-order chi connectivity index (χ1) is 30.7. The Morgan fingerprint density at radius 1 is 0.606 bits per heavy atom. The first-order valence-electron chi connectivity index (χ1n) is 22.6. The van der Waals surface area contributed by atoms with Crippen LogP contribution in [0.4, 0.5) is 8.78 Å². The summed E-state index contributed by atoms with van der Waals surface area (Å²) in [5.41, 5.74) is 3.70. The minimum Gasteiger partial charge on any atom is -0.478 e. The summed E-state index contributed by atoms with van der Waals surface area (Å²) in [5, 5.41) is 9.16. The second kappa shape index (κ2) is 19.4. The molecule has 0 bridgehead atoms. The van der Waals surface area contributed by atoms with Crippen LogP contribution in [0, 0.1) is 34.3 Å². The molecule has 2 fully saturated rings. The standard InChI is InChI=1S/C27H31FN2O3.C26H29FN2O3.CH4/c1-26(2,3)21-13-15-27(16-14-21)29-23(19-9-11-22(28)12-10-19)24(31)30(27)17-18-5-7-20(8-6-18)25(32)33-4;1-25(2,3)20-12-14-26(15-13-20)28-22(18-8-10-21(27)11-9-18)23(30)29(26)16-17-4-6-19(7-5-17)24(31)32;/h5-12,21H,13-17H2,1-4H3;4-11,20H,12-16H2,1-3H3,(H,31,32);1H4. The summed E-state index contributed by atoms with van der Waals surface area (Å²) in [6.07, 6.45) is 7.09. The molecule has 66 heavy (non-hydrogen) atoms. The van der Waals surface area contributed by atoms with E-state index < -0.39 is 23.3 Å². The van der Waals surface area contributed by atoms with Crippen LogP contribution in [0.5, 0.6) is 0 Å². The number of carbonyl (C=O) groups is 4. The van der Waals surface area contributed by atoms with E-state index >= 15 is 0 Å². The summed E-state index contributed by atoms with van der Waals surface area (Å²) in [6.45, 7) is 14.3. The lowest BCUT2D eigenvalue weighted by Crippen LogP contribution is -2.49. The van der Waals surface area contributed by atoms with Gasteiger partial charge in [-0.3, -0.25) is 19.6 Å². The molecule has 0 radical (unpaired) electrons. The van der Waals surface area contributed by atoms with Gasteiger partial charge in [-0.25, -0.2) is 18.4 Å². The van der Waals surface area contributed by atoms with E-state index in [1.807, 2.05) is 21.9 Å². The molecule has 0 unspecified atom stereocenters. The van der Waals surface area contributed by atoms with Crippen molar-refractivity contribution < 1.29 is 37.8 Å². The highest BCUT2D eigenvalue weighted by Crippen LogP contribution is 2.48. The van der Waals surface area contributed by atoms with Gasteiger partial charge in [0.15, 0.2) is 0 Å². The lowest BCUT2D eigenvalue weighted by Gasteiger charge is -2.45. The number of carboxylic acids is 1. The molecule has 4 aliphatic rings. The fourth-order valence-corrected chi connectivity index (χ4v) is 9.93. The van der Waals surface area contributed by atoms with Gasteiger partial charge in [0, 0.05) is 24.2 Å². The minimum atomic E-state index is -0.979.